The van der Waals surface area contributed by atoms with Crippen molar-refractivity contribution in [3.05, 3.63) is 36.2 Å². The topological polar surface area (TPSA) is 114 Å². The van der Waals surface area contributed by atoms with E-state index >= 15 is 0 Å². The fourth-order valence-corrected chi connectivity index (χ4v) is 3.46. The number of nitrogens with two attached hydrogens (primary N) is 1. The van der Waals surface area contributed by atoms with Crippen LogP contribution in [0.15, 0.2) is 30.6 Å². The van der Waals surface area contributed by atoms with Crippen molar-refractivity contribution in [1.82, 2.24) is 15.0 Å². The molecule has 0 radical (unpaired) electrons. The van der Waals surface area contributed by atoms with Crippen molar-refractivity contribution in [2.75, 3.05) is 16.8 Å². The SMILES string of the molecule is C[C@H]1CCCN1c1ncnc(Nc2cccc(CS(N)(=O)=O)c2)n1. The second kappa shape index (κ2) is 6.70. The number of nitrogens with one attached hydrogen (secondary N) is 1. The smallest absolute Gasteiger partial charge is 0.231 e. The van der Waals surface area contributed by atoms with Crippen LogP contribution < -0.4 is 15.4 Å². The molecule has 0 saturated carbocycles. The molecule has 1 atom stereocenters. The largest absolute Gasteiger partial charge is 0.338 e. The molecule has 0 spiro atoms. The van der Waals surface area contributed by atoms with Crippen LogP contribution in [0.1, 0.15) is 25.3 Å². The average molecular weight is 348 g/mol. The molecule has 3 N–H and O–H groups in total. The van der Waals surface area contributed by atoms with Crippen molar-refractivity contribution in [2.45, 2.75) is 31.6 Å². The molecule has 1 saturated heterocycles. The van der Waals surface area contributed by atoms with Crippen molar-refractivity contribution in [3.63, 3.8) is 0 Å². The molecule has 1 aromatic heterocycles. The number of sulfonamides is 1. The summed E-state index contributed by atoms with van der Waals surface area (Å²) in [5, 5.41) is 8.17. The molecule has 0 unspecified atom stereocenters. The summed E-state index contributed by atoms with van der Waals surface area (Å²) >= 11 is 0. The molecule has 0 aliphatic carbocycles. The number of rotatable bonds is 5. The number of hydrogen-bond donors (Lipinski definition) is 2. The highest BCUT2D eigenvalue weighted by Crippen LogP contribution is 2.23. The minimum absolute atomic E-state index is 0.212. The predicted molar refractivity (Wildman–Crippen MR) is 92.4 cm³/mol. The third kappa shape index (κ3) is 4.18. The van der Waals surface area contributed by atoms with Gasteiger partial charge in [0, 0.05) is 18.3 Å². The Morgan fingerprint density at radius 3 is 2.92 bits per heavy atom. The minimum atomic E-state index is -3.57. The van der Waals surface area contributed by atoms with E-state index in [1.54, 1.807) is 18.2 Å². The molecule has 1 aliphatic heterocycles. The number of aromatic nitrogens is 3. The van der Waals surface area contributed by atoms with E-state index in [1.165, 1.54) is 6.33 Å². The van der Waals surface area contributed by atoms with Gasteiger partial charge in [0.2, 0.25) is 21.9 Å². The summed E-state index contributed by atoms with van der Waals surface area (Å²) in [5.74, 6) is 0.862. The highest BCUT2D eigenvalue weighted by Gasteiger charge is 2.23. The summed E-state index contributed by atoms with van der Waals surface area (Å²) in [6, 6.07) is 7.41. The first-order valence-corrected chi connectivity index (χ1v) is 9.44. The zero-order valence-electron chi connectivity index (χ0n) is 13.4. The molecular formula is C15H20N6O2S. The van der Waals surface area contributed by atoms with Crippen LogP contribution >= 0.6 is 0 Å². The van der Waals surface area contributed by atoms with Crippen LogP contribution in [0, 0.1) is 0 Å². The number of hydrogen-bond acceptors (Lipinski definition) is 7. The van der Waals surface area contributed by atoms with Gasteiger partial charge in [-0.3, -0.25) is 0 Å². The van der Waals surface area contributed by atoms with Crippen molar-refractivity contribution >= 4 is 27.6 Å². The quantitative estimate of drug-likeness (QED) is 0.839. The van der Waals surface area contributed by atoms with Gasteiger partial charge in [-0.15, -0.1) is 0 Å². The van der Waals surface area contributed by atoms with E-state index in [1.807, 2.05) is 6.07 Å². The van der Waals surface area contributed by atoms with Crippen LogP contribution in [-0.4, -0.2) is 36.0 Å². The zero-order valence-corrected chi connectivity index (χ0v) is 14.2. The van der Waals surface area contributed by atoms with Crippen LogP contribution in [0.5, 0.6) is 0 Å². The highest BCUT2D eigenvalue weighted by molar-refractivity contribution is 7.88. The van der Waals surface area contributed by atoms with Gasteiger partial charge in [-0.25, -0.2) is 23.5 Å². The van der Waals surface area contributed by atoms with Crippen LogP contribution in [0.4, 0.5) is 17.6 Å². The Bertz CT molecular complexity index is 826. The van der Waals surface area contributed by atoms with Crippen LogP contribution in [0.25, 0.3) is 0 Å². The Morgan fingerprint density at radius 1 is 1.38 bits per heavy atom. The summed E-state index contributed by atoms with van der Waals surface area (Å²) < 4.78 is 22.4. The zero-order chi connectivity index (χ0) is 17.2. The van der Waals surface area contributed by atoms with Crippen molar-refractivity contribution in [1.29, 1.82) is 0 Å². The number of nitrogens with zero attached hydrogens (tertiary/aromatic N) is 4. The van der Waals surface area contributed by atoms with Crippen molar-refractivity contribution in [2.24, 2.45) is 5.14 Å². The first-order valence-electron chi connectivity index (χ1n) is 7.73. The van der Waals surface area contributed by atoms with Crippen LogP contribution in [0.3, 0.4) is 0 Å². The molecule has 0 amide bonds. The molecular weight excluding hydrogens is 328 g/mol. The maximum absolute atomic E-state index is 11.2. The van der Waals surface area contributed by atoms with Gasteiger partial charge >= 0.3 is 0 Å². The Hall–Kier alpha value is -2.26. The molecule has 2 aromatic rings. The lowest BCUT2D eigenvalue weighted by molar-refractivity contribution is 0.597. The summed E-state index contributed by atoms with van der Waals surface area (Å²) in [4.78, 5) is 15.0. The molecule has 2 heterocycles. The Labute approximate surface area is 141 Å². The van der Waals surface area contributed by atoms with Gasteiger partial charge < -0.3 is 10.2 Å². The number of anilines is 3. The van der Waals surface area contributed by atoms with Crippen molar-refractivity contribution < 1.29 is 8.42 Å². The van der Waals surface area contributed by atoms with Crippen molar-refractivity contribution in [3.8, 4) is 0 Å². The normalized spacial score (nSPS) is 17.9. The van der Waals surface area contributed by atoms with Gasteiger partial charge in [0.15, 0.2) is 0 Å². The van der Waals surface area contributed by atoms with Crippen LogP contribution in [-0.2, 0) is 15.8 Å². The van der Waals surface area contributed by atoms with E-state index in [0.717, 1.165) is 19.4 Å². The maximum atomic E-state index is 11.2. The fourth-order valence-electron chi connectivity index (χ4n) is 2.82. The summed E-state index contributed by atoms with van der Waals surface area (Å²) in [6.45, 7) is 3.09. The van der Waals surface area contributed by atoms with E-state index < -0.39 is 10.0 Å². The molecule has 1 aliphatic rings. The van der Waals surface area contributed by atoms with E-state index in [-0.39, 0.29) is 5.75 Å². The molecule has 24 heavy (non-hydrogen) atoms. The maximum Gasteiger partial charge on any atom is 0.231 e. The monoisotopic (exact) mass is 348 g/mol. The van der Waals surface area contributed by atoms with Gasteiger partial charge in [-0.2, -0.15) is 4.98 Å². The second-order valence-electron chi connectivity index (χ2n) is 5.93. The van der Waals surface area contributed by atoms with Gasteiger partial charge in [0.25, 0.3) is 0 Å². The molecule has 1 aromatic carbocycles. The third-order valence-electron chi connectivity index (χ3n) is 3.92. The molecule has 8 nitrogen and oxygen atoms in total. The van der Waals surface area contributed by atoms with Gasteiger partial charge in [-0.1, -0.05) is 12.1 Å². The van der Waals surface area contributed by atoms with Gasteiger partial charge in [-0.05, 0) is 37.5 Å². The summed E-state index contributed by atoms with van der Waals surface area (Å²) in [6.07, 6.45) is 3.74. The molecule has 1 fully saturated rings. The second-order valence-corrected chi connectivity index (χ2v) is 7.54. The standard InChI is InChI=1S/C15H20N6O2S/c1-11-4-3-7-21(11)15-18-10-17-14(20-15)19-13-6-2-5-12(8-13)9-24(16,22)23/h2,5-6,8,10-11H,3-4,7,9H2,1H3,(H2,16,22,23)(H,17,18,19,20)/t11-/m0/s1. The molecule has 128 valence electrons. The van der Waals surface area contributed by atoms with Gasteiger partial charge in [0.1, 0.15) is 6.33 Å². The predicted octanol–water partition coefficient (Wildman–Crippen LogP) is 1.39. The van der Waals surface area contributed by atoms with E-state index in [4.69, 9.17) is 5.14 Å². The Morgan fingerprint density at radius 2 is 2.21 bits per heavy atom. The Kier molecular flexibility index (Phi) is 4.63. The summed E-state index contributed by atoms with van der Waals surface area (Å²) in [5.41, 5.74) is 1.30. The van der Waals surface area contributed by atoms with E-state index in [2.05, 4.69) is 32.1 Å². The number of benzene rings is 1. The first kappa shape index (κ1) is 16.6. The average Bonchev–Trinajstić information content (AvgIpc) is 2.92. The lowest BCUT2D eigenvalue weighted by atomic mass is 10.2. The molecule has 3 rings (SSSR count). The lowest BCUT2D eigenvalue weighted by Gasteiger charge is -2.21. The highest BCUT2D eigenvalue weighted by atomic mass is 32.2. The number of primary sulfonamides is 1. The van der Waals surface area contributed by atoms with E-state index in [9.17, 15) is 8.42 Å². The summed E-state index contributed by atoms with van der Waals surface area (Å²) in [7, 11) is -3.57. The molecule has 9 heteroatoms. The Balaban J connectivity index is 1.78. The third-order valence-corrected chi connectivity index (χ3v) is 4.66. The molecule has 0 bridgehead atoms. The minimum Gasteiger partial charge on any atom is -0.338 e. The van der Waals surface area contributed by atoms with Crippen LogP contribution in [0.2, 0.25) is 0 Å². The first-order chi connectivity index (χ1) is 11.4. The van der Waals surface area contributed by atoms with Gasteiger partial charge in [0.05, 0.1) is 5.75 Å². The van der Waals surface area contributed by atoms with E-state index in [0.29, 0.717) is 29.2 Å². The fraction of sp³-hybridized carbons (Fsp3) is 0.400. The lowest BCUT2D eigenvalue weighted by Crippen LogP contribution is -2.28.